The van der Waals surface area contributed by atoms with Crippen molar-refractivity contribution in [2.75, 3.05) is 26.9 Å². The van der Waals surface area contributed by atoms with E-state index in [9.17, 15) is 0 Å². The first-order valence-corrected chi connectivity index (χ1v) is 8.64. The number of halogens is 1. The summed E-state index contributed by atoms with van der Waals surface area (Å²) in [5, 5.41) is 3.54. The maximum absolute atomic E-state index is 6.06. The zero-order valence-electron chi connectivity index (χ0n) is 12.6. The normalized spacial score (nSPS) is 30.7. The molecule has 2 saturated heterocycles. The van der Waals surface area contributed by atoms with Crippen molar-refractivity contribution in [2.45, 2.75) is 37.3 Å². The van der Waals surface area contributed by atoms with E-state index in [1.54, 1.807) is 0 Å². The van der Waals surface area contributed by atoms with Gasteiger partial charge in [-0.05, 0) is 43.9 Å². The number of ether oxygens (including phenoxy) is 2. The van der Waals surface area contributed by atoms with Gasteiger partial charge in [0.1, 0.15) is 0 Å². The van der Waals surface area contributed by atoms with E-state index in [2.05, 4.69) is 52.6 Å². The molecule has 1 spiro atoms. The van der Waals surface area contributed by atoms with Crippen LogP contribution in [0, 0.1) is 5.92 Å². The van der Waals surface area contributed by atoms with Gasteiger partial charge in [-0.3, -0.25) is 0 Å². The molecule has 3 atom stereocenters. The molecule has 1 aromatic carbocycles. The largest absolute Gasteiger partial charge is 0.378 e. The zero-order chi connectivity index (χ0) is 14.7. The molecule has 0 radical (unpaired) electrons. The van der Waals surface area contributed by atoms with Crippen LogP contribution >= 0.6 is 15.9 Å². The van der Waals surface area contributed by atoms with Crippen LogP contribution < -0.4 is 5.32 Å². The summed E-state index contributed by atoms with van der Waals surface area (Å²) in [5.41, 5.74) is 1.37. The molecular formula is C17H24BrNO2. The van der Waals surface area contributed by atoms with Gasteiger partial charge in [-0.25, -0.2) is 0 Å². The maximum atomic E-state index is 6.06. The fourth-order valence-corrected chi connectivity index (χ4v) is 4.12. The van der Waals surface area contributed by atoms with Crippen molar-refractivity contribution in [3.63, 3.8) is 0 Å². The lowest BCUT2D eigenvalue weighted by atomic mass is 9.79. The molecular weight excluding hydrogens is 330 g/mol. The Hall–Kier alpha value is -0.420. The quantitative estimate of drug-likeness (QED) is 0.901. The van der Waals surface area contributed by atoms with Crippen LogP contribution in [-0.4, -0.2) is 38.5 Å². The summed E-state index contributed by atoms with van der Waals surface area (Å²) in [7, 11) is 2.08. The van der Waals surface area contributed by atoms with Crippen LogP contribution in [0.5, 0.6) is 0 Å². The van der Waals surface area contributed by atoms with E-state index in [4.69, 9.17) is 9.47 Å². The number of nitrogens with one attached hydrogen (secondary N) is 1. The van der Waals surface area contributed by atoms with Crippen molar-refractivity contribution in [1.82, 2.24) is 5.32 Å². The van der Waals surface area contributed by atoms with Crippen molar-refractivity contribution in [3.8, 4) is 0 Å². The van der Waals surface area contributed by atoms with Gasteiger partial charge in [0.25, 0.3) is 0 Å². The van der Waals surface area contributed by atoms with E-state index in [-0.39, 0.29) is 5.60 Å². The minimum atomic E-state index is -0.00800. The third kappa shape index (κ3) is 3.50. The molecule has 0 aromatic heterocycles. The van der Waals surface area contributed by atoms with Crippen LogP contribution in [0.25, 0.3) is 0 Å². The van der Waals surface area contributed by atoms with Gasteiger partial charge in [-0.1, -0.05) is 34.1 Å². The Morgan fingerprint density at radius 3 is 2.95 bits per heavy atom. The molecule has 2 aliphatic heterocycles. The van der Waals surface area contributed by atoms with Crippen molar-refractivity contribution in [1.29, 1.82) is 0 Å². The Bertz CT molecular complexity index is 474. The highest BCUT2D eigenvalue weighted by atomic mass is 79.9. The molecule has 0 bridgehead atoms. The minimum Gasteiger partial charge on any atom is -0.378 e. The van der Waals surface area contributed by atoms with Gasteiger partial charge in [-0.15, -0.1) is 0 Å². The molecule has 3 unspecified atom stereocenters. The smallest absolute Gasteiger partial charge is 0.0939 e. The second kappa shape index (κ2) is 6.78. The number of hydrogen-bond donors (Lipinski definition) is 1. The van der Waals surface area contributed by atoms with Crippen molar-refractivity contribution in [2.24, 2.45) is 5.92 Å². The van der Waals surface area contributed by atoms with Gasteiger partial charge < -0.3 is 14.8 Å². The summed E-state index contributed by atoms with van der Waals surface area (Å²) in [4.78, 5) is 0. The first kappa shape index (κ1) is 15.5. The van der Waals surface area contributed by atoms with Crippen molar-refractivity contribution >= 4 is 15.9 Å². The predicted octanol–water partition coefficient (Wildman–Crippen LogP) is 3.17. The lowest BCUT2D eigenvalue weighted by molar-refractivity contribution is -0.102. The second-order valence-corrected chi connectivity index (χ2v) is 7.13. The number of rotatable bonds is 4. The molecule has 21 heavy (non-hydrogen) atoms. The monoisotopic (exact) mass is 353 g/mol. The van der Waals surface area contributed by atoms with Gasteiger partial charge in [0.15, 0.2) is 0 Å². The van der Waals surface area contributed by atoms with E-state index in [1.807, 2.05) is 0 Å². The first-order valence-electron chi connectivity index (χ1n) is 7.85. The van der Waals surface area contributed by atoms with Gasteiger partial charge >= 0.3 is 0 Å². The Morgan fingerprint density at radius 1 is 1.38 bits per heavy atom. The average molecular weight is 354 g/mol. The van der Waals surface area contributed by atoms with Crippen LogP contribution in [0.15, 0.2) is 28.7 Å². The Kier molecular flexibility index (Phi) is 4.99. The van der Waals surface area contributed by atoms with Gasteiger partial charge in [0.05, 0.1) is 12.2 Å². The van der Waals surface area contributed by atoms with E-state index in [0.29, 0.717) is 12.0 Å². The van der Waals surface area contributed by atoms with Crippen LogP contribution in [0.2, 0.25) is 0 Å². The fourth-order valence-electron chi connectivity index (χ4n) is 3.68. The third-order valence-corrected chi connectivity index (χ3v) is 5.71. The summed E-state index contributed by atoms with van der Waals surface area (Å²) >= 11 is 3.67. The molecule has 0 amide bonds. The van der Waals surface area contributed by atoms with Gasteiger partial charge in [-0.2, -0.15) is 0 Å². The molecule has 1 N–H and O–H groups in total. The topological polar surface area (TPSA) is 30.5 Å². The van der Waals surface area contributed by atoms with Crippen LogP contribution in [0.3, 0.4) is 0 Å². The molecule has 0 aliphatic carbocycles. The highest BCUT2D eigenvalue weighted by molar-refractivity contribution is 9.10. The van der Waals surface area contributed by atoms with Gasteiger partial charge in [0, 0.05) is 30.1 Å². The standard InChI is InChI=1S/C17H24BrNO2/c1-19-16(10-13-4-2-3-5-15(13)18)14-6-8-21-17(11-14)7-9-20-12-17/h2-5,14,16,19H,6-12H2,1H3. The molecule has 0 saturated carbocycles. The predicted molar refractivity (Wildman–Crippen MR) is 87.5 cm³/mol. The average Bonchev–Trinajstić information content (AvgIpc) is 2.94. The fraction of sp³-hybridized carbons (Fsp3) is 0.647. The van der Waals surface area contributed by atoms with Gasteiger partial charge in [0.2, 0.25) is 0 Å². The maximum Gasteiger partial charge on any atom is 0.0939 e. The highest BCUT2D eigenvalue weighted by Crippen LogP contribution is 2.37. The number of likely N-dealkylation sites (N-methyl/N-ethyl adjacent to an activating group) is 1. The summed E-state index contributed by atoms with van der Waals surface area (Å²) in [6, 6.07) is 9.01. The van der Waals surface area contributed by atoms with E-state index in [0.717, 1.165) is 45.5 Å². The van der Waals surface area contributed by atoms with Crippen molar-refractivity contribution in [3.05, 3.63) is 34.3 Å². The molecule has 3 rings (SSSR count). The Labute approximate surface area is 135 Å². The summed E-state index contributed by atoms with van der Waals surface area (Å²) < 4.78 is 12.9. The number of benzene rings is 1. The van der Waals surface area contributed by atoms with E-state index < -0.39 is 0 Å². The van der Waals surface area contributed by atoms with Crippen LogP contribution in [0.4, 0.5) is 0 Å². The lowest BCUT2D eigenvalue weighted by Crippen LogP contribution is -2.47. The minimum absolute atomic E-state index is 0.00800. The zero-order valence-corrected chi connectivity index (χ0v) is 14.2. The molecule has 1 aromatic rings. The Morgan fingerprint density at radius 2 is 2.24 bits per heavy atom. The highest BCUT2D eigenvalue weighted by Gasteiger charge is 2.42. The van der Waals surface area contributed by atoms with Crippen LogP contribution in [0.1, 0.15) is 24.8 Å². The van der Waals surface area contributed by atoms with E-state index in [1.165, 1.54) is 10.0 Å². The second-order valence-electron chi connectivity index (χ2n) is 6.28. The summed E-state index contributed by atoms with van der Waals surface area (Å²) in [6.07, 6.45) is 4.36. The summed E-state index contributed by atoms with van der Waals surface area (Å²) in [6.45, 7) is 2.48. The molecule has 116 valence electrons. The van der Waals surface area contributed by atoms with Crippen LogP contribution in [-0.2, 0) is 15.9 Å². The third-order valence-electron chi connectivity index (χ3n) is 4.94. The molecule has 2 heterocycles. The number of hydrogen-bond acceptors (Lipinski definition) is 3. The lowest BCUT2D eigenvalue weighted by Gasteiger charge is -2.40. The first-order chi connectivity index (χ1) is 10.2. The van der Waals surface area contributed by atoms with Crippen molar-refractivity contribution < 1.29 is 9.47 Å². The Balaban J connectivity index is 1.69. The molecule has 4 heteroatoms. The molecule has 3 nitrogen and oxygen atoms in total. The molecule has 2 fully saturated rings. The molecule has 2 aliphatic rings. The summed E-state index contributed by atoms with van der Waals surface area (Å²) in [5.74, 6) is 0.651. The SMILES string of the molecule is CNC(Cc1ccccc1Br)C1CCOC2(CCOC2)C1. The van der Waals surface area contributed by atoms with E-state index >= 15 is 0 Å².